The third kappa shape index (κ3) is 2.59. The van der Waals surface area contributed by atoms with Crippen LogP contribution in [0.25, 0.3) is 0 Å². The predicted octanol–water partition coefficient (Wildman–Crippen LogP) is 1.89. The van der Waals surface area contributed by atoms with Crippen LogP contribution in [-0.2, 0) is 19.1 Å². The molecular formula is C20H24N4O5S. The van der Waals surface area contributed by atoms with Gasteiger partial charge in [-0.25, -0.2) is 9.80 Å². The number of hydrogen-bond donors (Lipinski definition) is 0. The first kappa shape index (κ1) is 20.6. The lowest BCUT2D eigenvalue weighted by atomic mass is 9.94. The van der Waals surface area contributed by atoms with Crippen LogP contribution in [0.1, 0.15) is 39.3 Å². The molecule has 3 saturated heterocycles. The van der Waals surface area contributed by atoms with Crippen LogP contribution < -0.4 is 0 Å². The molecule has 1 unspecified atom stereocenters. The molecule has 1 aromatic carbocycles. The second-order valence-corrected chi connectivity index (χ2v) is 10.4. The Hall–Kier alpha value is -2.62. The second kappa shape index (κ2) is 6.69. The fraction of sp³-hybridized carbons (Fsp3) is 0.550. The Morgan fingerprint density at radius 2 is 1.73 bits per heavy atom. The molecule has 3 aliphatic rings. The zero-order valence-corrected chi connectivity index (χ0v) is 18.3. The van der Waals surface area contributed by atoms with E-state index in [-0.39, 0.29) is 11.8 Å². The van der Waals surface area contributed by atoms with Crippen molar-refractivity contribution in [2.45, 2.75) is 61.6 Å². The summed E-state index contributed by atoms with van der Waals surface area (Å²) in [6, 6.07) is 6.49. The van der Waals surface area contributed by atoms with Crippen LogP contribution in [0.15, 0.2) is 35.6 Å². The topological polar surface area (TPSA) is 99.6 Å². The first-order valence-electron chi connectivity index (χ1n) is 9.66. The van der Waals surface area contributed by atoms with E-state index in [2.05, 4.69) is 5.29 Å². The number of amides is 2. The van der Waals surface area contributed by atoms with Crippen molar-refractivity contribution in [1.29, 1.82) is 0 Å². The van der Waals surface area contributed by atoms with E-state index < -0.39 is 39.9 Å². The van der Waals surface area contributed by atoms with Gasteiger partial charge in [-0.3, -0.25) is 9.59 Å². The van der Waals surface area contributed by atoms with Gasteiger partial charge in [0, 0.05) is 4.75 Å². The number of nitroso groups, excluding NO2 is 1. The van der Waals surface area contributed by atoms with Gasteiger partial charge in [0.05, 0.1) is 12.4 Å². The lowest BCUT2D eigenvalue weighted by molar-refractivity contribution is -0.173. The van der Waals surface area contributed by atoms with E-state index in [1.807, 2.05) is 19.9 Å². The summed E-state index contributed by atoms with van der Waals surface area (Å²) < 4.78 is 4.34. The maximum atomic E-state index is 13.5. The molecule has 0 radical (unpaired) electrons. The van der Waals surface area contributed by atoms with Crippen LogP contribution in [0.5, 0.6) is 0 Å². The number of ether oxygens (including phenoxy) is 1. The van der Waals surface area contributed by atoms with E-state index in [1.54, 1.807) is 38.1 Å². The number of β-lactam (4-membered cyclic amide) rings is 1. The first-order valence-corrected chi connectivity index (χ1v) is 10.5. The Labute approximate surface area is 178 Å². The highest BCUT2D eigenvalue weighted by molar-refractivity contribution is 8.01. The summed E-state index contributed by atoms with van der Waals surface area (Å²) in [5.74, 6) is -1.16. The Kier molecular flexibility index (Phi) is 4.61. The molecule has 1 aromatic rings. The lowest BCUT2D eigenvalue weighted by Gasteiger charge is -2.50. The second-order valence-electron chi connectivity index (χ2n) is 8.67. The van der Waals surface area contributed by atoms with Crippen LogP contribution in [0.4, 0.5) is 0 Å². The fourth-order valence-corrected chi connectivity index (χ4v) is 6.47. The van der Waals surface area contributed by atoms with E-state index in [0.29, 0.717) is 5.56 Å². The number of carbonyl (C=O) groups excluding carboxylic acids is 3. The van der Waals surface area contributed by atoms with Crippen LogP contribution in [0.2, 0.25) is 0 Å². The molecule has 0 saturated carbocycles. The lowest BCUT2D eigenvalue weighted by Crippen LogP contribution is -2.73. The Morgan fingerprint density at radius 3 is 2.30 bits per heavy atom. The van der Waals surface area contributed by atoms with Gasteiger partial charge in [-0.05, 0) is 33.3 Å². The van der Waals surface area contributed by atoms with Crippen LogP contribution >= 0.6 is 11.8 Å². The monoisotopic (exact) mass is 432 g/mol. The highest BCUT2D eigenvalue weighted by Gasteiger charge is 2.70. The summed E-state index contributed by atoms with van der Waals surface area (Å²) in [4.78, 5) is 53.8. The number of thioether (sulfide) groups is 1. The smallest absolute Gasteiger partial charge is 0.330 e. The molecule has 4 rings (SSSR count). The third-order valence-corrected chi connectivity index (χ3v) is 7.74. The van der Waals surface area contributed by atoms with E-state index in [4.69, 9.17) is 4.74 Å². The number of fused-ring (bicyclic) bond motifs is 1. The molecule has 4 atom stereocenters. The minimum absolute atomic E-state index is 0.325. The molecule has 30 heavy (non-hydrogen) atoms. The maximum absolute atomic E-state index is 13.5. The number of methoxy groups -OCH3 is 1. The highest BCUT2D eigenvalue weighted by Crippen LogP contribution is 2.55. The van der Waals surface area contributed by atoms with Crippen molar-refractivity contribution in [3.05, 3.63) is 40.8 Å². The van der Waals surface area contributed by atoms with Gasteiger partial charge in [0.25, 0.3) is 5.91 Å². The average Bonchev–Trinajstić information content (AvgIpc) is 3.07. The molecule has 3 aliphatic heterocycles. The van der Waals surface area contributed by atoms with Gasteiger partial charge in [-0.1, -0.05) is 30.3 Å². The van der Waals surface area contributed by atoms with Gasteiger partial charge in [0.1, 0.15) is 23.1 Å². The molecular weight excluding hydrogens is 408 g/mol. The molecule has 0 aliphatic carbocycles. The van der Waals surface area contributed by atoms with Gasteiger partial charge >= 0.3 is 5.97 Å². The highest BCUT2D eigenvalue weighted by atomic mass is 32.2. The zero-order chi connectivity index (χ0) is 22.0. The maximum Gasteiger partial charge on any atom is 0.330 e. The largest absolute Gasteiger partial charge is 0.467 e. The number of hydrogen-bond acceptors (Lipinski definition) is 7. The third-order valence-electron chi connectivity index (χ3n) is 6.18. The van der Waals surface area contributed by atoms with Crippen molar-refractivity contribution in [2.75, 3.05) is 7.11 Å². The SMILES string of the molecule is COC(=O)[C@@H]1N2C(=O)[C@@H](N3C(=O)C(c4ccccc4)N(N=O)C3(C)C)[C@H]2SC1(C)C. The molecule has 0 N–H and O–H groups in total. The number of esters is 1. The number of carbonyl (C=O) groups is 3. The molecule has 0 spiro atoms. The van der Waals surface area contributed by atoms with Gasteiger partial charge in [-0.15, -0.1) is 16.7 Å². The number of rotatable bonds is 4. The van der Waals surface area contributed by atoms with Crippen molar-refractivity contribution < 1.29 is 19.1 Å². The molecule has 0 aromatic heterocycles. The van der Waals surface area contributed by atoms with Gasteiger partial charge in [0.15, 0.2) is 6.04 Å². The fourth-order valence-electron chi connectivity index (χ4n) is 4.80. The van der Waals surface area contributed by atoms with Crippen molar-refractivity contribution >= 4 is 29.5 Å². The van der Waals surface area contributed by atoms with E-state index in [0.717, 1.165) is 0 Å². The number of benzene rings is 1. The normalized spacial score (nSPS) is 31.4. The van der Waals surface area contributed by atoms with Gasteiger partial charge in [-0.2, -0.15) is 0 Å². The molecule has 160 valence electrons. The molecule has 0 bridgehead atoms. The predicted molar refractivity (Wildman–Crippen MR) is 110 cm³/mol. The van der Waals surface area contributed by atoms with Crippen molar-refractivity contribution in [2.24, 2.45) is 5.29 Å². The van der Waals surface area contributed by atoms with E-state index >= 15 is 0 Å². The average molecular weight is 433 g/mol. The zero-order valence-electron chi connectivity index (χ0n) is 17.4. The molecule has 10 heteroatoms. The summed E-state index contributed by atoms with van der Waals surface area (Å²) in [5, 5.41) is 3.96. The molecule has 9 nitrogen and oxygen atoms in total. The summed E-state index contributed by atoms with van der Waals surface area (Å²) in [6.07, 6.45) is 0. The quantitative estimate of drug-likeness (QED) is 0.407. The summed E-state index contributed by atoms with van der Waals surface area (Å²) >= 11 is 1.46. The number of nitrogens with zero attached hydrogens (tertiary/aromatic N) is 4. The van der Waals surface area contributed by atoms with E-state index in [9.17, 15) is 19.3 Å². The molecule has 3 fully saturated rings. The van der Waals surface area contributed by atoms with Gasteiger partial charge in [0.2, 0.25) is 5.91 Å². The van der Waals surface area contributed by atoms with Crippen molar-refractivity contribution in [1.82, 2.24) is 14.8 Å². The van der Waals surface area contributed by atoms with Gasteiger partial charge < -0.3 is 14.5 Å². The molecule has 3 heterocycles. The van der Waals surface area contributed by atoms with Crippen LogP contribution in [0.3, 0.4) is 0 Å². The summed E-state index contributed by atoms with van der Waals surface area (Å²) in [6.45, 7) is 7.16. The summed E-state index contributed by atoms with van der Waals surface area (Å²) in [5.41, 5.74) is -0.479. The minimum atomic E-state index is -1.11. The van der Waals surface area contributed by atoms with Crippen molar-refractivity contribution in [3.8, 4) is 0 Å². The van der Waals surface area contributed by atoms with E-state index in [1.165, 1.54) is 33.7 Å². The molecule has 2 amide bonds. The first-order chi connectivity index (χ1) is 14.1. The summed E-state index contributed by atoms with van der Waals surface area (Å²) in [7, 11) is 1.29. The van der Waals surface area contributed by atoms with Crippen LogP contribution in [0, 0.1) is 4.91 Å². The Balaban J connectivity index is 1.71. The minimum Gasteiger partial charge on any atom is -0.467 e. The Morgan fingerprint density at radius 1 is 1.10 bits per heavy atom. The van der Waals surface area contributed by atoms with Crippen molar-refractivity contribution in [3.63, 3.8) is 0 Å². The Bertz CT molecular complexity index is 921. The standard InChI is InChI=1S/C20H24N4O5S/c1-19(2)14(18(27)29-5)22-15(25)13(17(22)30-19)23-16(26)12(11-9-7-6-8-10-11)24(21-28)20(23,3)4/h6-10,12-14,17H,1-5H3/t12?,13-,14+,17-/m1/s1. The van der Waals surface area contributed by atoms with Crippen LogP contribution in [-0.4, -0.2) is 67.6 Å².